The number of amides is 2. The van der Waals surface area contributed by atoms with Crippen molar-refractivity contribution in [3.63, 3.8) is 0 Å². The standard InChI is InChI=1S/C19H20FN3O4.C2H6/c1-11-7-13-10-23(9-12-5-4-6-14(21)17(12)20)19(25)27-16(13)8-15(11)26-18(24)22(2)3;1-2/h4-8H,9-10,21H2,1-3H3;1-2H3. The maximum atomic E-state index is 14.1. The molecular formula is C21H26FN3O4. The molecule has 156 valence electrons. The van der Waals surface area contributed by atoms with Gasteiger partial charge in [0.1, 0.15) is 11.5 Å². The minimum atomic E-state index is -0.613. The number of ether oxygens (including phenoxy) is 2. The molecule has 0 bridgehead atoms. The van der Waals surface area contributed by atoms with E-state index in [9.17, 15) is 14.0 Å². The second-order valence-electron chi connectivity index (χ2n) is 6.53. The molecule has 0 saturated heterocycles. The summed E-state index contributed by atoms with van der Waals surface area (Å²) in [5.74, 6) is 0.0882. The van der Waals surface area contributed by atoms with E-state index in [0.717, 1.165) is 11.1 Å². The largest absolute Gasteiger partial charge is 0.415 e. The monoisotopic (exact) mass is 403 g/mol. The molecule has 3 rings (SSSR count). The summed E-state index contributed by atoms with van der Waals surface area (Å²) in [4.78, 5) is 26.8. The van der Waals surface area contributed by atoms with Crippen molar-refractivity contribution in [1.82, 2.24) is 9.80 Å². The van der Waals surface area contributed by atoms with Crippen LogP contribution in [0.5, 0.6) is 11.5 Å². The number of aryl methyl sites for hydroxylation is 1. The molecule has 0 radical (unpaired) electrons. The molecule has 29 heavy (non-hydrogen) atoms. The van der Waals surface area contributed by atoms with Gasteiger partial charge in [-0.1, -0.05) is 26.0 Å². The number of nitrogen functional groups attached to an aromatic ring is 1. The van der Waals surface area contributed by atoms with Crippen molar-refractivity contribution in [2.45, 2.75) is 33.9 Å². The molecule has 0 aromatic heterocycles. The fourth-order valence-corrected chi connectivity index (χ4v) is 2.72. The van der Waals surface area contributed by atoms with Crippen LogP contribution in [0.1, 0.15) is 30.5 Å². The Morgan fingerprint density at radius 2 is 2.00 bits per heavy atom. The van der Waals surface area contributed by atoms with Crippen molar-refractivity contribution in [1.29, 1.82) is 0 Å². The zero-order chi connectivity index (χ0) is 21.7. The highest BCUT2D eigenvalue weighted by molar-refractivity contribution is 5.75. The van der Waals surface area contributed by atoms with E-state index >= 15 is 0 Å². The smallest absolute Gasteiger partial charge is 0.410 e. The minimum Gasteiger partial charge on any atom is -0.410 e. The average molecular weight is 403 g/mol. The molecular weight excluding hydrogens is 377 g/mol. The van der Waals surface area contributed by atoms with E-state index in [-0.39, 0.29) is 18.8 Å². The Balaban J connectivity index is 0.00000145. The number of nitrogens with two attached hydrogens (primary N) is 1. The summed E-state index contributed by atoms with van der Waals surface area (Å²) in [6, 6.07) is 7.96. The first-order valence-corrected chi connectivity index (χ1v) is 9.28. The van der Waals surface area contributed by atoms with Gasteiger partial charge in [-0.2, -0.15) is 0 Å². The normalized spacial score (nSPS) is 12.3. The molecule has 2 amide bonds. The number of halogens is 1. The van der Waals surface area contributed by atoms with E-state index in [1.807, 2.05) is 13.8 Å². The predicted molar refractivity (Wildman–Crippen MR) is 108 cm³/mol. The molecule has 0 unspecified atom stereocenters. The Labute approximate surface area is 169 Å². The van der Waals surface area contributed by atoms with Gasteiger partial charge in [-0.25, -0.2) is 14.0 Å². The molecule has 1 aliphatic rings. The van der Waals surface area contributed by atoms with Crippen molar-refractivity contribution < 1.29 is 23.5 Å². The quantitative estimate of drug-likeness (QED) is 0.772. The first-order chi connectivity index (χ1) is 13.8. The molecule has 1 aliphatic heterocycles. The van der Waals surface area contributed by atoms with Crippen LogP contribution >= 0.6 is 0 Å². The van der Waals surface area contributed by atoms with Crippen molar-refractivity contribution in [3.05, 3.63) is 52.8 Å². The molecule has 8 heteroatoms. The van der Waals surface area contributed by atoms with Crippen LogP contribution in [0.4, 0.5) is 19.7 Å². The van der Waals surface area contributed by atoms with E-state index < -0.39 is 18.0 Å². The van der Waals surface area contributed by atoms with Crippen LogP contribution in [-0.4, -0.2) is 36.1 Å². The van der Waals surface area contributed by atoms with Crippen LogP contribution in [0.15, 0.2) is 30.3 Å². The van der Waals surface area contributed by atoms with Crippen LogP contribution in [0, 0.1) is 12.7 Å². The van der Waals surface area contributed by atoms with Gasteiger partial charge in [-0.15, -0.1) is 0 Å². The third kappa shape index (κ3) is 4.96. The number of rotatable bonds is 3. The number of carbonyl (C=O) groups excluding carboxylic acids is 2. The number of hydrogen-bond acceptors (Lipinski definition) is 5. The highest BCUT2D eigenvalue weighted by Crippen LogP contribution is 2.34. The number of benzene rings is 2. The van der Waals surface area contributed by atoms with E-state index in [1.165, 1.54) is 21.9 Å². The number of anilines is 1. The molecule has 0 spiro atoms. The van der Waals surface area contributed by atoms with Gasteiger partial charge in [0.15, 0.2) is 5.82 Å². The molecule has 2 N–H and O–H groups in total. The summed E-state index contributed by atoms with van der Waals surface area (Å²) < 4.78 is 24.8. The number of fused-ring (bicyclic) bond motifs is 1. The lowest BCUT2D eigenvalue weighted by Crippen LogP contribution is -2.36. The molecule has 2 aromatic rings. The third-order valence-corrected chi connectivity index (χ3v) is 4.21. The van der Waals surface area contributed by atoms with Crippen LogP contribution in [-0.2, 0) is 13.1 Å². The first kappa shape index (κ1) is 22.0. The van der Waals surface area contributed by atoms with Crippen LogP contribution in [0.3, 0.4) is 0 Å². The summed E-state index contributed by atoms with van der Waals surface area (Å²) in [5, 5.41) is 0. The highest BCUT2D eigenvalue weighted by atomic mass is 19.1. The SMILES string of the molecule is CC.Cc1cc2c(cc1OC(=O)N(C)C)OC(=O)N(Cc1cccc(N)c1F)C2. The molecule has 0 saturated carbocycles. The lowest BCUT2D eigenvalue weighted by Gasteiger charge is -2.29. The number of nitrogens with zero attached hydrogens (tertiary/aromatic N) is 2. The molecule has 0 aliphatic carbocycles. The highest BCUT2D eigenvalue weighted by Gasteiger charge is 2.27. The molecule has 0 fully saturated rings. The fourth-order valence-electron chi connectivity index (χ4n) is 2.72. The molecule has 1 heterocycles. The van der Waals surface area contributed by atoms with E-state index in [1.54, 1.807) is 39.2 Å². The van der Waals surface area contributed by atoms with Crippen LogP contribution < -0.4 is 15.2 Å². The predicted octanol–water partition coefficient (Wildman–Crippen LogP) is 4.32. The molecule has 7 nitrogen and oxygen atoms in total. The van der Waals surface area contributed by atoms with Gasteiger partial charge in [0.2, 0.25) is 0 Å². The Bertz CT molecular complexity index is 915. The summed E-state index contributed by atoms with van der Waals surface area (Å²) in [5.41, 5.74) is 7.37. The first-order valence-electron chi connectivity index (χ1n) is 9.28. The Morgan fingerprint density at radius 3 is 2.66 bits per heavy atom. The minimum absolute atomic E-state index is 0.0291. The topological polar surface area (TPSA) is 85.1 Å². The van der Waals surface area contributed by atoms with Crippen LogP contribution in [0.2, 0.25) is 0 Å². The van der Waals surface area contributed by atoms with E-state index in [4.69, 9.17) is 15.2 Å². The second kappa shape index (κ2) is 9.27. The van der Waals surface area contributed by atoms with Gasteiger partial charge in [0, 0.05) is 31.3 Å². The Morgan fingerprint density at radius 1 is 1.31 bits per heavy atom. The summed E-state index contributed by atoms with van der Waals surface area (Å²) in [7, 11) is 3.15. The Kier molecular flexibility index (Phi) is 7.03. The number of hydrogen-bond donors (Lipinski definition) is 1. The van der Waals surface area contributed by atoms with Crippen molar-refractivity contribution in [2.75, 3.05) is 19.8 Å². The zero-order valence-electron chi connectivity index (χ0n) is 17.3. The summed E-state index contributed by atoms with van der Waals surface area (Å²) in [6.07, 6.45) is -1.14. The lowest BCUT2D eigenvalue weighted by molar-refractivity contribution is 0.134. The van der Waals surface area contributed by atoms with Gasteiger partial charge >= 0.3 is 12.2 Å². The van der Waals surface area contributed by atoms with Gasteiger partial charge in [-0.3, -0.25) is 4.90 Å². The maximum absolute atomic E-state index is 14.1. The van der Waals surface area contributed by atoms with Crippen molar-refractivity contribution >= 4 is 17.9 Å². The van der Waals surface area contributed by atoms with Gasteiger partial charge in [0.25, 0.3) is 0 Å². The zero-order valence-corrected chi connectivity index (χ0v) is 17.3. The Hall–Kier alpha value is -3.29. The number of carbonyl (C=O) groups is 2. The van der Waals surface area contributed by atoms with Crippen molar-refractivity contribution in [3.8, 4) is 11.5 Å². The molecule has 2 aromatic carbocycles. The third-order valence-electron chi connectivity index (χ3n) is 4.21. The van der Waals surface area contributed by atoms with Crippen molar-refractivity contribution in [2.24, 2.45) is 0 Å². The van der Waals surface area contributed by atoms with Crippen LogP contribution in [0.25, 0.3) is 0 Å². The maximum Gasteiger partial charge on any atom is 0.415 e. The summed E-state index contributed by atoms with van der Waals surface area (Å²) in [6.45, 7) is 6.06. The van der Waals surface area contributed by atoms with Gasteiger partial charge in [-0.05, 0) is 24.6 Å². The average Bonchev–Trinajstić information content (AvgIpc) is 2.68. The lowest BCUT2D eigenvalue weighted by atomic mass is 10.1. The van der Waals surface area contributed by atoms with E-state index in [2.05, 4.69) is 0 Å². The molecule has 0 atom stereocenters. The second-order valence-corrected chi connectivity index (χ2v) is 6.53. The van der Waals surface area contributed by atoms with E-state index in [0.29, 0.717) is 17.1 Å². The van der Waals surface area contributed by atoms with Gasteiger partial charge < -0.3 is 20.1 Å². The fraction of sp³-hybridized carbons (Fsp3) is 0.333. The summed E-state index contributed by atoms with van der Waals surface area (Å²) >= 11 is 0. The van der Waals surface area contributed by atoms with Gasteiger partial charge in [0.05, 0.1) is 18.8 Å².